The van der Waals surface area contributed by atoms with E-state index < -0.39 is 0 Å². The molecule has 1 aromatic carbocycles. The number of hydrogen-bond acceptors (Lipinski definition) is 4. The average molecular weight is 449 g/mol. The van der Waals surface area contributed by atoms with E-state index in [4.69, 9.17) is 14.2 Å². The Morgan fingerprint density at radius 3 is 2.71 bits per heavy atom. The van der Waals surface area contributed by atoms with Crippen molar-refractivity contribution < 1.29 is 14.2 Å². The van der Waals surface area contributed by atoms with Crippen LogP contribution in [-0.4, -0.2) is 58.9 Å². The minimum Gasteiger partial charge on any atom is -0.497 e. The average Bonchev–Trinajstić information content (AvgIpc) is 3.04. The number of hydrogen-bond donors (Lipinski definition) is 1. The Morgan fingerprint density at radius 2 is 2.08 bits per heavy atom. The van der Waals surface area contributed by atoms with Crippen molar-refractivity contribution in [2.45, 2.75) is 13.0 Å². The quantitative estimate of drug-likeness (QED) is 0.411. The maximum atomic E-state index is 5.44. The lowest BCUT2D eigenvalue weighted by molar-refractivity contribution is 0.157. The molecule has 2 rings (SSSR count). The van der Waals surface area contributed by atoms with Crippen molar-refractivity contribution in [3.8, 4) is 11.5 Å². The Labute approximate surface area is 161 Å². The van der Waals surface area contributed by atoms with Gasteiger partial charge in [0.05, 0.1) is 20.8 Å². The van der Waals surface area contributed by atoms with Crippen LogP contribution < -0.4 is 14.8 Å². The zero-order chi connectivity index (χ0) is 16.7. The Kier molecular flexibility index (Phi) is 9.20. The van der Waals surface area contributed by atoms with Crippen LogP contribution in [0.5, 0.6) is 11.5 Å². The molecule has 24 heavy (non-hydrogen) atoms. The van der Waals surface area contributed by atoms with E-state index in [1.54, 1.807) is 21.3 Å². The van der Waals surface area contributed by atoms with Crippen molar-refractivity contribution in [1.29, 1.82) is 0 Å². The van der Waals surface area contributed by atoms with Gasteiger partial charge < -0.3 is 24.4 Å². The fraction of sp³-hybridized carbons (Fsp3) is 0.588. The summed E-state index contributed by atoms with van der Waals surface area (Å²) in [4.78, 5) is 6.67. The highest BCUT2D eigenvalue weighted by Crippen LogP contribution is 2.24. The van der Waals surface area contributed by atoms with Crippen molar-refractivity contribution in [2.24, 2.45) is 10.9 Å². The van der Waals surface area contributed by atoms with Gasteiger partial charge in [0.1, 0.15) is 11.5 Å². The SMILES string of the molecule is CN=C(NCc1ccc(OC)cc1OC)N1CCC(COC)C1.I. The first-order valence-electron chi connectivity index (χ1n) is 7.87. The molecular formula is C17H28IN3O3. The van der Waals surface area contributed by atoms with Crippen LogP contribution in [0, 0.1) is 5.92 Å². The number of rotatable bonds is 6. The zero-order valence-corrected chi connectivity index (χ0v) is 17.2. The molecule has 1 atom stereocenters. The van der Waals surface area contributed by atoms with Crippen LogP contribution in [0.2, 0.25) is 0 Å². The highest BCUT2D eigenvalue weighted by molar-refractivity contribution is 14.0. The fourth-order valence-corrected chi connectivity index (χ4v) is 2.90. The topological polar surface area (TPSA) is 55.3 Å². The molecule has 0 bridgehead atoms. The molecule has 0 amide bonds. The van der Waals surface area contributed by atoms with E-state index in [9.17, 15) is 0 Å². The molecule has 1 aliphatic heterocycles. The first kappa shape index (κ1) is 20.8. The summed E-state index contributed by atoms with van der Waals surface area (Å²) in [6, 6.07) is 5.84. The number of aliphatic imine (C=N–C) groups is 1. The third kappa shape index (κ3) is 5.41. The molecular weight excluding hydrogens is 421 g/mol. The van der Waals surface area contributed by atoms with Gasteiger partial charge in [-0.3, -0.25) is 4.99 Å². The molecule has 1 saturated heterocycles. The molecule has 7 heteroatoms. The molecule has 1 unspecified atom stereocenters. The summed E-state index contributed by atoms with van der Waals surface area (Å²) in [5.41, 5.74) is 1.07. The molecule has 1 aromatic rings. The van der Waals surface area contributed by atoms with Crippen molar-refractivity contribution in [2.75, 3.05) is 48.1 Å². The van der Waals surface area contributed by atoms with Crippen molar-refractivity contribution in [1.82, 2.24) is 10.2 Å². The molecule has 1 aliphatic rings. The zero-order valence-electron chi connectivity index (χ0n) is 14.9. The van der Waals surface area contributed by atoms with Gasteiger partial charge in [0.25, 0.3) is 0 Å². The van der Waals surface area contributed by atoms with Gasteiger partial charge in [-0.25, -0.2) is 0 Å². The minimum absolute atomic E-state index is 0. The van der Waals surface area contributed by atoms with E-state index in [2.05, 4.69) is 15.2 Å². The molecule has 136 valence electrons. The molecule has 0 radical (unpaired) electrons. The van der Waals surface area contributed by atoms with Gasteiger partial charge >= 0.3 is 0 Å². The Hall–Kier alpha value is -1.22. The number of nitrogens with zero attached hydrogens (tertiary/aromatic N) is 2. The molecule has 0 aliphatic carbocycles. The van der Waals surface area contributed by atoms with Crippen LogP contribution in [-0.2, 0) is 11.3 Å². The summed E-state index contributed by atoms with van der Waals surface area (Å²) in [6.07, 6.45) is 1.14. The van der Waals surface area contributed by atoms with Gasteiger partial charge in [0, 0.05) is 51.3 Å². The van der Waals surface area contributed by atoms with E-state index in [0.29, 0.717) is 12.5 Å². The smallest absolute Gasteiger partial charge is 0.193 e. The summed E-state index contributed by atoms with van der Waals surface area (Å²) in [5.74, 6) is 3.10. The highest BCUT2D eigenvalue weighted by Gasteiger charge is 2.24. The van der Waals surface area contributed by atoms with E-state index in [0.717, 1.165) is 49.1 Å². The molecule has 0 spiro atoms. The number of ether oxygens (including phenoxy) is 3. The van der Waals surface area contributed by atoms with E-state index in [1.165, 1.54) is 0 Å². The normalized spacial score (nSPS) is 17.4. The van der Waals surface area contributed by atoms with E-state index in [1.807, 2.05) is 25.2 Å². The Bertz CT molecular complexity index is 540. The third-order valence-corrected chi connectivity index (χ3v) is 4.13. The van der Waals surface area contributed by atoms with Crippen molar-refractivity contribution >= 4 is 29.9 Å². The summed E-state index contributed by atoms with van der Waals surface area (Å²) in [7, 11) is 6.89. The van der Waals surface area contributed by atoms with Crippen LogP contribution >= 0.6 is 24.0 Å². The van der Waals surface area contributed by atoms with Gasteiger partial charge in [-0.05, 0) is 18.6 Å². The van der Waals surface area contributed by atoms with Gasteiger partial charge in [-0.1, -0.05) is 0 Å². The fourth-order valence-electron chi connectivity index (χ4n) is 2.90. The lowest BCUT2D eigenvalue weighted by atomic mass is 10.1. The monoisotopic (exact) mass is 449 g/mol. The second-order valence-corrected chi connectivity index (χ2v) is 5.63. The van der Waals surface area contributed by atoms with Gasteiger partial charge in [-0.15, -0.1) is 24.0 Å². The first-order valence-corrected chi connectivity index (χ1v) is 7.87. The standard InChI is InChI=1S/C17H27N3O3.HI/c1-18-17(20-8-7-13(11-20)12-21-2)19-10-14-5-6-15(22-3)9-16(14)23-4;/h5-6,9,13H,7-8,10-12H2,1-4H3,(H,18,19);1H. The minimum atomic E-state index is 0. The molecule has 0 saturated carbocycles. The molecule has 0 aromatic heterocycles. The maximum Gasteiger partial charge on any atom is 0.193 e. The summed E-state index contributed by atoms with van der Waals surface area (Å²) in [6.45, 7) is 3.45. The molecule has 6 nitrogen and oxygen atoms in total. The van der Waals surface area contributed by atoms with Gasteiger partial charge in [0.2, 0.25) is 0 Å². The number of nitrogens with one attached hydrogen (secondary N) is 1. The van der Waals surface area contributed by atoms with Crippen LogP contribution in [0.4, 0.5) is 0 Å². The largest absolute Gasteiger partial charge is 0.497 e. The maximum absolute atomic E-state index is 5.44. The first-order chi connectivity index (χ1) is 11.2. The van der Waals surface area contributed by atoms with Gasteiger partial charge in [-0.2, -0.15) is 0 Å². The number of benzene rings is 1. The van der Waals surface area contributed by atoms with E-state index >= 15 is 0 Å². The summed E-state index contributed by atoms with van der Waals surface area (Å²) >= 11 is 0. The third-order valence-electron chi connectivity index (χ3n) is 4.13. The lowest BCUT2D eigenvalue weighted by Gasteiger charge is -2.22. The second-order valence-electron chi connectivity index (χ2n) is 5.63. The Balaban J connectivity index is 0.00000288. The van der Waals surface area contributed by atoms with Crippen molar-refractivity contribution in [3.63, 3.8) is 0 Å². The van der Waals surface area contributed by atoms with Crippen LogP contribution in [0.3, 0.4) is 0 Å². The molecule has 1 N–H and O–H groups in total. The number of likely N-dealkylation sites (tertiary alicyclic amines) is 1. The summed E-state index contributed by atoms with van der Waals surface area (Å²) < 4.78 is 15.9. The molecule has 1 fully saturated rings. The van der Waals surface area contributed by atoms with Crippen LogP contribution in [0.1, 0.15) is 12.0 Å². The highest BCUT2D eigenvalue weighted by atomic mass is 127. The number of methoxy groups -OCH3 is 3. The van der Waals surface area contributed by atoms with Gasteiger partial charge in [0.15, 0.2) is 5.96 Å². The predicted molar refractivity (Wildman–Crippen MR) is 107 cm³/mol. The van der Waals surface area contributed by atoms with Crippen molar-refractivity contribution in [3.05, 3.63) is 23.8 Å². The predicted octanol–water partition coefficient (Wildman–Crippen LogP) is 2.37. The van der Waals surface area contributed by atoms with Crippen LogP contribution in [0.15, 0.2) is 23.2 Å². The molecule has 1 heterocycles. The number of guanidine groups is 1. The van der Waals surface area contributed by atoms with E-state index in [-0.39, 0.29) is 24.0 Å². The number of halogens is 1. The lowest BCUT2D eigenvalue weighted by Crippen LogP contribution is -2.39. The second kappa shape index (κ2) is 10.6. The summed E-state index contributed by atoms with van der Waals surface area (Å²) in [5, 5.41) is 3.42. The Morgan fingerprint density at radius 1 is 1.29 bits per heavy atom. The van der Waals surface area contributed by atoms with Crippen LogP contribution in [0.25, 0.3) is 0 Å².